The molecule has 0 fully saturated rings. The second-order valence-electron chi connectivity index (χ2n) is 18.2. The van der Waals surface area contributed by atoms with Crippen LogP contribution in [0, 0.1) is 0 Å². The summed E-state index contributed by atoms with van der Waals surface area (Å²) in [6.07, 6.45) is 0. The van der Waals surface area contributed by atoms with Crippen molar-refractivity contribution in [1.29, 1.82) is 0 Å². The van der Waals surface area contributed by atoms with Crippen molar-refractivity contribution in [1.82, 2.24) is 0 Å². The molecule has 0 aromatic heterocycles. The lowest BCUT2D eigenvalue weighted by Gasteiger charge is -2.55. The molecular formula is C70H50. The highest BCUT2D eigenvalue weighted by atomic mass is 14.7. The van der Waals surface area contributed by atoms with E-state index in [1.165, 1.54) is 55.7 Å². The van der Waals surface area contributed by atoms with E-state index in [4.69, 9.17) is 0 Å². The van der Waals surface area contributed by atoms with Crippen molar-refractivity contribution < 1.29 is 0 Å². The van der Waals surface area contributed by atoms with Crippen LogP contribution in [0.1, 0.15) is 55.6 Å². The Morgan fingerprint density at radius 1 is 0.143 bits per heavy atom. The minimum absolute atomic E-state index is 1.03. The quantitative estimate of drug-likeness (QED) is 0.121. The van der Waals surface area contributed by atoms with Gasteiger partial charge in [-0.15, -0.1) is 0 Å². The first-order valence-electron chi connectivity index (χ1n) is 24.4. The van der Waals surface area contributed by atoms with Crippen LogP contribution in [-0.4, -0.2) is 0 Å². The first-order chi connectivity index (χ1) is 34.8. The van der Waals surface area contributed by atoms with Crippen LogP contribution in [-0.2, 0) is 10.8 Å². The maximum atomic E-state index is 2.42. The highest BCUT2D eigenvalue weighted by molar-refractivity contribution is 6.38. The summed E-state index contributed by atoms with van der Waals surface area (Å²) in [6, 6.07) is 113. The summed E-state index contributed by atoms with van der Waals surface area (Å²) >= 11 is 0. The Bertz CT molecular complexity index is 3100. The van der Waals surface area contributed by atoms with E-state index in [-0.39, 0.29) is 0 Å². The van der Waals surface area contributed by atoms with Gasteiger partial charge in [0.2, 0.25) is 0 Å². The van der Waals surface area contributed by atoms with Gasteiger partial charge in [0, 0.05) is 0 Å². The van der Waals surface area contributed by atoms with E-state index in [0.29, 0.717) is 0 Å². The fourth-order valence-electron chi connectivity index (χ4n) is 12.1. The summed E-state index contributed by atoms with van der Waals surface area (Å²) in [5, 5.41) is 0. The highest BCUT2D eigenvalue weighted by Crippen LogP contribution is 2.77. The van der Waals surface area contributed by atoms with Gasteiger partial charge in [0.15, 0.2) is 0 Å². The fourth-order valence-corrected chi connectivity index (χ4v) is 12.1. The second-order valence-corrected chi connectivity index (χ2v) is 18.2. The van der Waals surface area contributed by atoms with Gasteiger partial charge in [-0.1, -0.05) is 303 Å². The maximum absolute atomic E-state index is 2.42. The molecule has 0 radical (unpaired) electrons. The molecule has 2 aliphatic rings. The SMILES string of the molecule is c1ccc(C2=C(c3ccccc3)C(c3ccccc3)(C3(c4ccccc4)C(c4ccccc4)=C(c4ccccc4)C(c4ccccc4)=C3c3ccccc3)C(c3ccccc3)=C2c2ccccc2)cc1. The van der Waals surface area contributed by atoms with Crippen LogP contribution in [0.15, 0.2) is 303 Å². The van der Waals surface area contributed by atoms with Crippen molar-refractivity contribution in [2.75, 3.05) is 0 Å². The third-order valence-electron chi connectivity index (χ3n) is 14.5. The molecule has 0 saturated carbocycles. The number of hydrogen-bond donors (Lipinski definition) is 0. The van der Waals surface area contributed by atoms with Crippen molar-refractivity contribution in [3.8, 4) is 0 Å². The van der Waals surface area contributed by atoms with Crippen molar-refractivity contribution in [3.05, 3.63) is 359 Å². The molecule has 10 aromatic carbocycles. The molecule has 0 atom stereocenters. The van der Waals surface area contributed by atoms with Crippen LogP contribution in [0.3, 0.4) is 0 Å². The molecule has 0 amide bonds. The Balaban J connectivity index is 1.48. The van der Waals surface area contributed by atoms with Crippen molar-refractivity contribution in [2.45, 2.75) is 10.8 Å². The van der Waals surface area contributed by atoms with Gasteiger partial charge in [-0.25, -0.2) is 0 Å². The predicted molar refractivity (Wildman–Crippen MR) is 295 cm³/mol. The van der Waals surface area contributed by atoms with Gasteiger partial charge < -0.3 is 0 Å². The summed E-state index contributed by atoms with van der Waals surface area (Å²) in [5.74, 6) is 0. The average molecular weight is 891 g/mol. The fraction of sp³-hybridized carbons (Fsp3) is 0.0286. The van der Waals surface area contributed by atoms with Crippen molar-refractivity contribution >= 4 is 44.6 Å². The minimum Gasteiger partial charge on any atom is -0.0622 e. The van der Waals surface area contributed by atoms with E-state index >= 15 is 0 Å². The molecule has 0 bridgehead atoms. The zero-order chi connectivity index (χ0) is 46.7. The number of allylic oxidation sites excluding steroid dienone is 8. The molecule has 0 N–H and O–H groups in total. The van der Waals surface area contributed by atoms with Crippen LogP contribution in [0.5, 0.6) is 0 Å². The molecule has 70 heavy (non-hydrogen) atoms. The topological polar surface area (TPSA) is 0 Å². The van der Waals surface area contributed by atoms with Crippen LogP contribution in [0.2, 0.25) is 0 Å². The Hall–Kier alpha value is -8.84. The van der Waals surface area contributed by atoms with E-state index in [2.05, 4.69) is 303 Å². The van der Waals surface area contributed by atoms with E-state index in [0.717, 1.165) is 44.5 Å². The van der Waals surface area contributed by atoms with E-state index in [1.54, 1.807) is 0 Å². The van der Waals surface area contributed by atoms with E-state index in [9.17, 15) is 0 Å². The molecule has 0 aliphatic heterocycles. The Morgan fingerprint density at radius 2 is 0.286 bits per heavy atom. The normalized spacial score (nSPS) is 15.1. The molecule has 330 valence electrons. The number of benzene rings is 10. The predicted octanol–water partition coefficient (Wildman–Crippen LogP) is 17.3. The Kier molecular flexibility index (Phi) is 11.1. The standard InChI is InChI=1S/C70H50/c1-11-31-51(32-12-1)61-62(52-33-13-2-14-34-52)66(56-41-21-6-22-42-56)69(59-47-27-9-28-48-59,65(61)55-39-19-5-20-40-55)70(60-49-29-10-30-50-60)67(57-43-23-7-24-44-57)63(53-35-15-3-16-36-53)64(54-37-17-4-18-38-54)68(70)58-45-25-8-26-46-58/h1-50H. The zero-order valence-corrected chi connectivity index (χ0v) is 38.9. The summed E-state index contributed by atoms with van der Waals surface area (Å²) < 4.78 is 0. The van der Waals surface area contributed by atoms with Gasteiger partial charge in [-0.2, -0.15) is 0 Å². The highest BCUT2D eigenvalue weighted by Gasteiger charge is 2.68. The van der Waals surface area contributed by atoms with Gasteiger partial charge in [0.1, 0.15) is 0 Å². The lowest BCUT2D eigenvalue weighted by Crippen LogP contribution is -2.51. The minimum atomic E-state index is -1.03. The number of hydrogen-bond acceptors (Lipinski definition) is 0. The molecular weight excluding hydrogens is 841 g/mol. The molecule has 0 heteroatoms. The van der Waals surface area contributed by atoms with Gasteiger partial charge in [-0.3, -0.25) is 0 Å². The van der Waals surface area contributed by atoms with Crippen LogP contribution >= 0.6 is 0 Å². The largest absolute Gasteiger partial charge is 0.0654 e. The van der Waals surface area contributed by atoms with E-state index in [1.807, 2.05) is 0 Å². The lowest BCUT2D eigenvalue weighted by atomic mass is 9.45. The van der Waals surface area contributed by atoms with Gasteiger partial charge in [0.05, 0.1) is 10.8 Å². The van der Waals surface area contributed by atoms with Crippen LogP contribution in [0.25, 0.3) is 44.6 Å². The zero-order valence-electron chi connectivity index (χ0n) is 38.9. The van der Waals surface area contributed by atoms with E-state index < -0.39 is 10.8 Å². The summed E-state index contributed by atoms with van der Waals surface area (Å²) in [5.41, 5.74) is 19.5. The number of rotatable bonds is 11. The van der Waals surface area contributed by atoms with Gasteiger partial charge in [0.25, 0.3) is 0 Å². The van der Waals surface area contributed by atoms with Crippen LogP contribution in [0.4, 0.5) is 0 Å². The molecule has 2 aliphatic carbocycles. The first kappa shape index (κ1) is 42.5. The lowest BCUT2D eigenvalue weighted by molar-refractivity contribution is 0.548. The summed E-state index contributed by atoms with van der Waals surface area (Å²) in [4.78, 5) is 0. The van der Waals surface area contributed by atoms with Crippen LogP contribution < -0.4 is 0 Å². The van der Waals surface area contributed by atoms with Crippen molar-refractivity contribution in [2.24, 2.45) is 0 Å². The molecule has 10 aromatic rings. The molecule has 0 heterocycles. The smallest absolute Gasteiger partial charge is 0.0622 e. The van der Waals surface area contributed by atoms with Crippen molar-refractivity contribution in [3.63, 3.8) is 0 Å². The average Bonchev–Trinajstić information content (AvgIpc) is 3.96. The third-order valence-corrected chi connectivity index (χ3v) is 14.5. The first-order valence-corrected chi connectivity index (χ1v) is 24.4. The summed E-state index contributed by atoms with van der Waals surface area (Å²) in [6.45, 7) is 0. The molecule has 0 saturated heterocycles. The summed E-state index contributed by atoms with van der Waals surface area (Å²) in [7, 11) is 0. The third kappa shape index (κ3) is 6.75. The molecule has 0 nitrogen and oxygen atoms in total. The molecule has 0 spiro atoms. The second kappa shape index (κ2) is 18.3. The Labute approximate surface area is 412 Å². The molecule has 12 rings (SSSR count). The maximum Gasteiger partial charge on any atom is 0.0654 e. The monoisotopic (exact) mass is 890 g/mol. The molecule has 0 unspecified atom stereocenters. The van der Waals surface area contributed by atoms with Gasteiger partial charge >= 0.3 is 0 Å². The van der Waals surface area contributed by atoms with Gasteiger partial charge in [-0.05, 0) is 100 Å². The Morgan fingerprint density at radius 3 is 0.457 bits per heavy atom.